The number of nitrogens with zero attached hydrogens (tertiary/aromatic N) is 2. The molecule has 3 nitrogen and oxygen atoms in total. The number of carbonyl (C=O) groups excluding carboxylic acids is 1. The van der Waals surface area contributed by atoms with Crippen molar-refractivity contribution in [3.8, 4) is 0 Å². The normalized spacial score (nSPS) is 18.6. The highest BCUT2D eigenvalue weighted by molar-refractivity contribution is 6.07. The second-order valence-corrected chi connectivity index (χ2v) is 6.85. The second-order valence-electron chi connectivity index (χ2n) is 6.85. The van der Waals surface area contributed by atoms with Crippen LogP contribution in [0.5, 0.6) is 0 Å². The van der Waals surface area contributed by atoms with Crippen LogP contribution in [-0.2, 0) is 0 Å². The van der Waals surface area contributed by atoms with Crippen molar-refractivity contribution in [1.82, 2.24) is 9.88 Å². The highest BCUT2D eigenvalue weighted by Gasteiger charge is 2.42. The van der Waals surface area contributed by atoms with Crippen LogP contribution in [0.3, 0.4) is 0 Å². The van der Waals surface area contributed by atoms with E-state index in [0.717, 1.165) is 16.6 Å². The number of aryl methyl sites for hydroxylation is 3. The van der Waals surface area contributed by atoms with E-state index in [2.05, 4.69) is 4.98 Å². The summed E-state index contributed by atoms with van der Waals surface area (Å²) >= 11 is 0. The molecule has 1 aliphatic heterocycles. The van der Waals surface area contributed by atoms with Crippen molar-refractivity contribution in [3.05, 3.63) is 40.6 Å². The van der Waals surface area contributed by atoms with Gasteiger partial charge in [-0.1, -0.05) is 12.1 Å². The Balaban J connectivity index is 2.01. The molecule has 0 radical (unpaired) electrons. The predicted molar refractivity (Wildman–Crippen MR) is 90.6 cm³/mol. The first-order valence-electron chi connectivity index (χ1n) is 8.42. The van der Waals surface area contributed by atoms with E-state index in [-0.39, 0.29) is 18.9 Å². The largest absolute Gasteiger partial charge is 0.393 e. The van der Waals surface area contributed by atoms with Crippen LogP contribution in [0, 0.1) is 26.7 Å². The molecule has 0 N–H and O–H groups in total. The van der Waals surface area contributed by atoms with Crippen molar-refractivity contribution in [2.24, 2.45) is 5.92 Å². The summed E-state index contributed by atoms with van der Waals surface area (Å²) < 4.78 is 39.1. The van der Waals surface area contributed by atoms with Gasteiger partial charge in [0, 0.05) is 24.2 Å². The first kappa shape index (κ1) is 17.7. The van der Waals surface area contributed by atoms with Crippen molar-refractivity contribution in [3.63, 3.8) is 0 Å². The number of amides is 1. The molecule has 0 aliphatic carbocycles. The van der Waals surface area contributed by atoms with Crippen molar-refractivity contribution in [1.29, 1.82) is 0 Å². The number of fused-ring (bicyclic) bond motifs is 1. The number of halogens is 3. The van der Waals surface area contributed by atoms with Gasteiger partial charge >= 0.3 is 6.18 Å². The number of hydrogen-bond acceptors (Lipinski definition) is 2. The molecule has 0 spiro atoms. The molecule has 0 bridgehead atoms. The maximum Gasteiger partial charge on any atom is 0.393 e. The standard InChI is InChI=1S/C19H21F3N2O/c1-11-6-7-15-16(9-12(2)23-17(15)13(11)3)18(25)24-8-4-5-14(10-24)19(20,21)22/h6-7,9,14H,4-5,8,10H2,1-3H3. The Kier molecular flexibility index (Phi) is 4.47. The van der Waals surface area contributed by atoms with E-state index >= 15 is 0 Å². The van der Waals surface area contributed by atoms with Crippen LogP contribution in [-0.4, -0.2) is 35.1 Å². The molecule has 1 unspecified atom stereocenters. The molecule has 25 heavy (non-hydrogen) atoms. The van der Waals surface area contributed by atoms with Gasteiger partial charge in [0.25, 0.3) is 5.91 Å². The average Bonchev–Trinajstić information content (AvgIpc) is 2.56. The summed E-state index contributed by atoms with van der Waals surface area (Å²) in [5.74, 6) is -1.78. The number of likely N-dealkylation sites (tertiary alicyclic amines) is 1. The zero-order valence-electron chi connectivity index (χ0n) is 14.6. The summed E-state index contributed by atoms with van der Waals surface area (Å²) in [5.41, 5.74) is 3.93. The van der Waals surface area contributed by atoms with Gasteiger partial charge in [0.15, 0.2) is 0 Å². The molecule has 1 aliphatic rings. The van der Waals surface area contributed by atoms with Crippen molar-refractivity contribution < 1.29 is 18.0 Å². The molecule has 6 heteroatoms. The molecule has 1 atom stereocenters. The van der Waals surface area contributed by atoms with Crippen molar-refractivity contribution in [2.75, 3.05) is 13.1 Å². The number of rotatable bonds is 1. The Labute approximate surface area is 144 Å². The van der Waals surface area contributed by atoms with Crippen molar-refractivity contribution in [2.45, 2.75) is 39.8 Å². The van der Waals surface area contributed by atoms with Gasteiger partial charge in [-0.2, -0.15) is 13.2 Å². The molecule has 1 aromatic carbocycles. The van der Waals surface area contributed by atoms with E-state index in [0.29, 0.717) is 29.6 Å². The van der Waals surface area contributed by atoms with Gasteiger partial charge in [0.2, 0.25) is 0 Å². The highest BCUT2D eigenvalue weighted by atomic mass is 19.4. The third-order valence-electron chi connectivity index (χ3n) is 5.04. The molecule has 0 saturated carbocycles. The molecular formula is C19H21F3N2O. The van der Waals surface area contributed by atoms with Crippen molar-refractivity contribution >= 4 is 16.8 Å². The van der Waals surface area contributed by atoms with Crippen LogP contribution < -0.4 is 0 Å². The van der Waals surface area contributed by atoms with Gasteiger partial charge in [-0.25, -0.2) is 0 Å². The first-order chi connectivity index (χ1) is 11.7. The van der Waals surface area contributed by atoms with Gasteiger partial charge in [-0.05, 0) is 50.8 Å². The third kappa shape index (κ3) is 3.34. The monoisotopic (exact) mass is 350 g/mol. The number of alkyl halides is 3. The number of aromatic nitrogens is 1. The number of pyridine rings is 1. The lowest BCUT2D eigenvalue weighted by Crippen LogP contribution is -2.44. The number of carbonyl (C=O) groups is 1. The molecule has 1 saturated heterocycles. The number of benzene rings is 1. The van der Waals surface area contributed by atoms with E-state index < -0.39 is 12.1 Å². The van der Waals surface area contributed by atoms with Crippen LogP contribution in [0.4, 0.5) is 13.2 Å². The number of piperidine rings is 1. The summed E-state index contributed by atoms with van der Waals surface area (Å²) in [6.07, 6.45) is -3.80. The SMILES string of the molecule is Cc1cc(C(=O)N2CCCC(C(F)(F)F)C2)c2ccc(C)c(C)c2n1. The van der Waals surface area contributed by atoms with Crippen LogP contribution in [0.1, 0.15) is 40.0 Å². The summed E-state index contributed by atoms with van der Waals surface area (Å²) in [7, 11) is 0. The summed E-state index contributed by atoms with van der Waals surface area (Å²) in [4.78, 5) is 18.8. The summed E-state index contributed by atoms with van der Waals surface area (Å²) in [6.45, 7) is 5.81. The van der Waals surface area contributed by atoms with E-state index in [1.165, 1.54) is 4.90 Å². The van der Waals surface area contributed by atoms with E-state index in [9.17, 15) is 18.0 Å². The third-order valence-corrected chi connectivity index (χ3v) is 5.04. The van der Waals surface area contributed by atoms with Gasteiger partial charge in [-0.15, -0.1) is 0 Å². The fraction of sp³-hybridized carbons (Fsp3) is 0.474. The van der Waals surface area contributed by atoms with Crippen LogP contribution in [0.2, 0.25) is 0 Å². The van der Waals surface area contributed by atoms with Crippen LogP contribution in [0.15, 0.2) is 18.2 Å². The summed E-state index contributed by atoms with van der Waals surface area (Å²) in [6, 6.07) is 5.43. The molecule has 2 aromatic rings. The minimum atomic E-state index is -4.26. The topological polar surface area (TPSA) is 33.2 Å². The average molecular weight is 350 g/mol. The van der Waals surface area contributed by atoms with E-state index in [1.807, 2.05) is 26.0 Å². The zero-order chi connectivity index (χ0) is 18.4. The van der Waals surface area contributed by atoms with Crippen LogP contribution >= 0.6 is 0 Å². The Bertz CT molecular complexity index is 830. The molecule has 1 aromatic heterocycles. The molecule has 1 fully saturated rings. The van der Waals surface area contributed by atoms with Crippen LogP contribution in [0.25, 0.3) is 10.9 Å². The molecule has 1 amide bonds. The molecule has 2 heterocycles. The lowest BCUT2D eigenvalue weighted by Gasteiger charge is -2.34. The first-order valence-corrected chi connectivity index (χ1v) is 8.42. The fourth-order valence-electron chi connectivity index (χ4n) is 3.43. The van der Waals surface area contributed by atoms with E-state index in [1.54, 1.807) is 13.0 Å². The van der Waals surface area contributed by atoms with Gasteiger partial charge in [0.05, 0.1) is 17.0 Å². The minimum absolute atomic E-state index is 0.0850. The van der Waals surface area contributed by atoms with Gasteiger partial charge < -0.3 is 4.90 Å². The maximum absolute atomic E-state index is 13.0. The predicted octanol–water partition coefficient (Wildman–Crippen LogP) is 4.57. The van der Waals surface area contributed by atoms with Gasteiger partial charge in [-0.3, -0.25) is 9.78 Å². The molecular weight excluding hydrogens is 329 g/mol. The fourth-order valence-corrected chi connectivity index (χ4v) is 3.43. The Morgan fingerprint density at radius 2 is 1.96 bits per heavy atom. The smallest absolute Gasteiger partial charge is 0.338 e. The maximum atomic E-state index is 13.0. The zero-order valence-corrected chi connectivity index (χ0v) is 14.6. The molecule has 3 rings (SSSR count). The minimum Gasteiger partial charge on any atom is -0.338 e. The Hall–Kier alpha value is -2.11. The van der Waals surface area contributed by atoms with Gasteiger partial charge in [0.1, 0.15) is 0 Å². The Morgan fingerprint density at radius 1 is 1.24 bits per heavy atom. The second kappa shape index (κ2) is 6.32. The quantitative estimate of drug-likeness (QED) is 0.754. The Morgan fingerprint density at radius 3 is 2.64 bits per heavy atom. The van der Waals surface area contributed by atoms with E-state index in [4.69, 9.17) is 0 Å². The number of hydrogen-bond donors (Lipinski definition) is 0. The summed E-state index contributed by atoms with van der Waals surface area (Å²) in [5, 5.41) is 0.702. The highest BCUT2D eigenvalue weighted by Crippen LogP contribution is 2.34. The molecule has 134 valence electrons. The lowest BCUT2D eigenvalue weighted by atomic mass is 9.95. The lowest BCUT2D eigenvalue weighted by molar-refractivity contribution is -0.184.